The van der Waals surface area contributed by atoms with Gasteiger partial charge in [-0.3, -0.25) is 4.79 Å². The molecule has 6 unspecified atom stereocenters. The second-order valence-electron chi connectivity index (χ2n) is 15.2. The molecule has 4 aromatic rings. The fourth-order valence-corrected chi connectivity index (χ4v) is 6.33. The van der Waals surface area contributed by atoms with E-state index in [4.69, 9.17) is 20.3 Å². The minimum atomic E-state index is -2.98. The Labute approximate surface area is 370 Å². The molecular formula is C47H61F6N3O8. The summed E-state index contributed by atoms with van der Waals surface area (Å²) < 4.78 is 94.1. The van der Waals surface area contributed by atoms with Crippen molar-refractivity contribution in [3.8, 4) is 11.5 Å². The fourth-order valence-electron chi connectivity index (χ4n) is 6.33. The minimum absolute atomic E-state index is 0.0275. The molecule has 6 atom stereocenters. The predicted octanol–water partition coefficient (Wildman–Crippen LogP) is 6.99. The molecule has 0 aromatic heterocycles. The van der Waals surface area contributed by atoms with E-state index >= 15 is 0 Å². The van der Waals surface area contributed by atoms with Gasteiger partial charge in [0.05, 0.1) is 31.0 Å². The average Bonchev–Trinajstić information content (AvgIpc) is 3.29. The number of amides is 1. The van der Waals surface area contributed by atoms with Gasteiger partial charge in [0.25, 0.3) is 11.8 Å². The Kier molecular flexibility index (Phi) is 24.2. The van der Waals surface area contributed by atoms with E-state index in [1.54, 1.807) is 18.2 Å². The first-order valence-corrected chi connectivity index (χ1v) is 21.2. The molecule has 0 aliphatic heterocycles. The van der Waals surface area contributed by atoms with Crippen LogP contribution in [0.5, 0.6) is 11.5 Å². The summed E-state index contributed by atoms with van der Waals surface area (Å²) in [6.45, 7) is -1.10. The van der Waals surface area contributed by atoms with Gasteiger partial charge in [0, 0.05) is 44.0 Å². The number of rotatable bonds is 29. The normalized spacial score (nSPS) is 14.5. The molecule has 0 radical (unpaired) electrons. The number of primary amides is 1. The number of aliphatic hydroxyl groups excluding tert-OH is 3. The molecule has 0 saturated heterocycles. The molecule has 1 amide bonds. The molecule has 0 fully saturated rings. The van der Waals surface area contributed by atoms with Crippen LogP contribution >= 0.6 is 0 Å². The highest BCUT2D eigenvalue weighted by Crippen LogP contribution is 2.28. The summed E-state index contributed by atoms with van der Waals surface area (Å²) in [7, 11) is 0. The largest absolute Gasteiger partial charge is 0.508 e. The number of nitrogens with two attached hydrogens (primary N) is 1. The molecule has 11 nitrogen and oxygen atoms in total. The summed E-state index contributed by atoms with van der Waals surface area (Å²) in [5.41, 5.74) is 7.24. The lowest BCUT2D eigenvalue weighted by atomic mass is 10.0. The van der Waals surface area contributed by atoms with E-state index < -0.39 is 75.1 Å². The minimum Gasteiger partial charge on any atom is -0.508 e. The SMILES string of the molecule is NC(=O)c1cc(C(O)CNCCCCCCOCC(F)(F)c2ccccc2)ccc1O.OCc1cc(C(O)CNCC(F)C(F)C(F)C(F)COCCCc2ccccc2)ccc1O. The van der Waals surface area contributed by atoms with Gasteiger partial charge in [0.1, 0.15) is 24.3 Å². The zero-order valence-corrected chi connectivity index (χ0v) is 35.6. The number of carbonyl (C=O) groups is 1. The van der Waals surface area contributed by atoms with Gasteiger partial charge in [0.15, 0.2) is 18.5 Å². The van der Waals surface area contributed by atoms with Gasteiger partial charge in [-0.15, -0.1) is 0 Å². The number of nitrogens with one attached hydrogen (secondary N) is 2. The number of halogens is 6. The van der Waals surface area contributed by atoms with Crippen molar-refractivity contribution in [3.63, 3.8) is 0 Å². The predicted molar refractivity (Wildman–Crippen MR) is 231 cm³/mol. The maximum atomic E-state index is 14.0. The Morgan fingerprint density at radius 2 is 1.25 bits per heavy atom. The Morgan fingerprint density at radius 1 is 0.672 bits per heavy atom. The number of aromatic hydroxyl groups is 2. The molecule has 4 aromatic carbocycles. The maximum Gasteiger partial charge on any atom is 0.296 e. The third-order valence-corrected chi connectivity index (χ3v) is 10.1. The standard InChI is InChI=1S/C24H31F4NO4.C23H30F2N2O4/c25-19(12-29-13-22(32)17-8-9-21(31)18(11-17)14-30)23(27)24(28)20(26)15-33-10-4-7-16-5-2-1-3-6-16;24-23(25,18-8-4-3-5-9-18)16-31-13-7-2-1-6-12-27-15-21(29)17-10-11-20(28)19(14-17)22(26)30/h1-3,5-6,8-9,11,19-20,22-24,29-32H,4,7,10,12-15H2;3-5,8-11,14,21,27-29H,1-2,6-7,12-13,15-16H2,(H2,26,30). The van der Waals surface area contributed by atoms with E-state index in [2.05, 4.69) is 10.6 Å². The molecule has 64 heavy (non-hydrogen) atoms. The first-order chi connectivity index (χ1) is 30.6. The first kappa shape index (κ1) is 53.6. The Balaban J connectivity index is 0.000000341. The average molecular weight is 910 g/mol. The van der Waals surface area contributed by atoms with Crippen molar-refractivity contribution in [3.05, 3.63) is 130 Å². The fraction of sp³-hybridized carbons (Fsp3) is 0.468. The van der Waals surface area contributed by atoms with Crippen molar-refractivity contribution in [1.82, 2.24) is 10.6 Å². The van der Waals surface area contributed by atoms with Crippen LogP contribution in [0.4, 0.5) is 26.3 Å². The third-order valence-electron chi connectivity index (χ3n) is 10.1. The van der Waals surface area contributed by atoms with Crippen LogP contribution in [0.3, 0.4) is 0 Å². The summed E-state index contributed by atoms with van der Waals surface area (Å²) in [5, 5.41) is 54.1. The Bertz CT molecular complexity index is 1910. The van der Waals surface area contributed by atoms with Crippen molar-refractivity contribution in [1.29, 1.82) is 0 Å². The molecule has 0 heterocycles. The van der Waals surface area contributed by atoms with Gasteiger partial charge in [-0.1, -0.05) is 85.6 Å². The highest BCUT2D eigenvalue weighted by molar-refractivity contribution is 5.95. The van der Waals surface area contributed by atoms with Gasteiger partial charge in [0.2, 0.25) is 0 Å². The van der Waals surface area contributed by atoms with E-state index in [1.807, 2.05) is 30.3 Å². The van der Waals surface area contributed by atoms with Crippen LogP contribution in [0.25, 0.3) is 0 Å². The number of carbonyl (C=O) groups excluding carboxylic acids is 1. The monoisotopic (exact) mass is 909 g/mol. The number of ether oxygens (including phenoxy) is 2. The van der Waals surface area contributed by atoms with Crippen LogP contribution in [0.1, 0.15) is 82.5 Å². The molecule has 0 saturated carbocycles. The first-order valence-electron chi connectivity index (χ1n) is 21.2. The Morgan fingerprint density at radius 3 is 1.91 bits per heavy atom. The smallest absolute Gasteiger partial charge is 0.296 e. The number of alkyl halides is 6. The number of hydrogen-bond donors (Lipinski definition) is 8. The van der Waals surface area contributed by atoms with Crippen LogP contribution in [-0.2, 0) is 28.4 Å². The number of hydrogen-bond acceptors (Lipinski definition) is 10. The van der Waals surface area contributed by atoms with Crippen molar-refractivity contribution in [2.24, 2.45) is 5.73 Å². The molecule has 354 valence electrons. The van der Waals surface area contributed by atoms with Gasteiger partial charge in [-0.2, -0.15) is 8.78 Å². The van der Waals surface area contributed by atoms with Gasteiger partial charge in [-0.05, 0) is 73.2 Å². The number of benzene rings is 4. The zero-order chi connectivity index (χ0) is 46.9. The highest BCUT2D eigenvalue weighted by Gasteiger charge is 2.36. The summed E-state index contributed by atoms with van der Waals surface area (Å²) >= 11 is 0. The number of unbranched alkanes of at least 4 members (excludes halogenated alkanes) is 3. The molecule has 0 aliphatic rings. The van der Waals surface area contributed by atoms with Crippen LogP contribution in [0.15, 0.2) is 97.1 Å². The summed E-state index contributed by atoms with van der Waals surface area (Å²) in [4.78, 5) is 11.3. The van der Waals surface area contributed by atoms with Crippen LogP contribution in [0, 0.1) is 0 Å². The van der Waals surface area contributed by atoms with Crippen LogP contribution < -0.4 is 16.4 Å². The van der Waals surface area contributed by atoms with Crippen molar-refractivity contribution in [2.75, 3.05) is 52.6 Å². The molecule has 9 N–H and O–H groups in total. The molecule has 0 spiro atoms. The lowest BCUT2D eigenvalue weighted by molar-refractivity contribution is -0.0831. The molecule has 17 heteroatoms. The van der Waals surface area contributed by atoms with Crippen molar-refractivity contribution >= 4 is 5.91 Å². The van der Waals surface area contributed by atoms with Crippen molar-refractivity contribution < 1.29 is 66.1 Å². The number of phenols is 2. The van der Waals surface area contributed by atoms with Gasteiger partial charge >= 0.3 is 0 Å². The van der Waals surface area contributed by atoms with Crippen molar-refractivity contribution in [2.45, 2.75) is 87.9 Å². The number of aliphatic hydroxyl groups is 3. The van der Waals surface area contributed by atoms with Crippen LogP contribution in [0.2, 0.25) is 0 Å². The highest BCUT2D eigenvalue weighted by atomic mass is 19.3. The molecular weight excluding hydrogens is 849 g/mol. The van der Waals surface area contributed by atoms with E-state index in [-0.39, 0.29) is 47.9 Å². The number of aryl methyl sites for hydroxylation is 1. The lowest BCUT2D eigenvalue weighted by Gasteiger charge is -2.21. The third kappa shape index (κ3) is 19.2. The van der Waals surface area contributed by atoms with Gasteiger partial charge in [-0.25, -0.2) is 17.6 Å². The quantitative estimate of drug-likeness (QED) is 0.0209. The van der Waals surface area contributed by atoms with E-state index in [9.17, 15) is 51.6 Å². The van der Waals surface area contributed by atoms with E-state index in [1.165, 1.54) is 48.5 Å². The maximum absolute atomic E-state index is 14.0. The summed E-state index contributed by atoms with van der Waals surface area (Å²) in [5.74, 6) is -4.10. The summed E-state index contributed by atoms with van der Waals surface area (Å²) in [6, 6.07) is 25.5. The topological polar surface area (TPSA) is 187 Å². The lowest BCUT2D eigenvalue weighted by Crippen LogP contribution is -2.42. The van der Waals surface area contributed by atoms with Crippen LogP contribution in [-0.4, -0.2) is 109 Å². The van der Waals surface area contributed by atoms with E-state index in [0.29, 0.717) is 43.5 Å². The Hall–Kier alpha value is -4.75. The zero-order valence-electron chi connectivity index (χ0n) is 35.6. The molecule has 4 rings (SSSR count). The second kappa shape index (κ2) is 28.9. The molecule has 0 bridgehead atoms. The second-order valence-corrected chi connectivity index (χ2v) is 15.2. The van der Waals surface area contributed by atoms with Gasteiger partial charge < -0.3 is 51.4 Å². The van der Waals surface area contributed by atoms with E-state index in [0.717, 1.165) is 24.8 Å². The molecule has 0 aliphatic carbocycles. The summed E-state index contributed by atoms with van der Waals surface area (Å²) in [6.07, 6.45) is -7.31.